The molecule has 6 heteroatoms. The number of hydrogen-bond acceptors (Lipinski definition) is 3. The van der Waals surface area contributed by atoms with Gasteiger partial charge in [0.25, 0.3) is 0 Å². The molecule has 0 heterocycles. The Morgan fingerprint density at radius 1 is 1.20 bits per heavy atom. The summed E-state index contributed by atoms with van der Waals surface area (Å²) in [7, 11) is 0. The second-order valence-corrected chi connectivity index (χ2v) is 4.40. The molecule has 114 valence electrons. The van der Waals surface area contributed by atoms with Crippen molar-refractivity contribution in [2.75, 3.05) is 26.2 Å². The number of benzene rings is 1. The molecular formula is C14H21F3N2O. The molecule has 1 aromatic rings. The minimum atomic E-state index is -4.41. The van der Waals surface area contributed by atoms with Gasteiger partial charge in [0.15, 0.2) is 0 Å². The van der Waals surface area contributed by atoms with Gasteiger partial charge in [0.2, 0.25) is 0 Å². The van der Waals surface area contributed by atoms with Crippen molar-refractivity contribution in [2.24, 2.45) is 5.73 Å². The maximum Gasteiger partial charge on any atom is 0.416 e. The molecule has 0 unspecified atom stereocenters. The topological polar surface area (TPSA) is 38.5 Å². The van der Waals surface area contributed by atoms with Crippen molar-refractivity contribution < 1.29 is 17.9 Å². The molecule has 3 nitrogen and oxygen atoms in total. The smallest absolute Gasteiger partial charge is 0.416 e. The Morgan fingerprint density at radius 2 is 1.85 bits per heavy atom. The SMILES string of the molecule is CCN(CC)CCOc1ccc(CN)c(C(F)(F)F)c1. The predicted molar refractivity (Wildman–Crippen MR) is 72.6 cm³/mol. The third-order valence-electron chi connectivity index (χ3n) is 3.18. The van der Waals surface area contributed by atoms with E-state index in [9.17, 15) is 13.2 Å². The second-order valence-electron chi connectivity index (χ2n) is 4.40. The molecule has 0 radical (unpaired) electrons. The van der Waals surface area contributed by atoms with Crippen LogP contribution in [0.4, 0.5) is 13.2 Å². The first-order chi connectivity index (χ1) is 9.42. The zero-order chi connectivity index (χ0) is 15.2. The number of halogens is 3. The number of nitrogens with two attached hydrogens (primary N) is 1. The fourth-order valence-electron chi connectivity index (χ4n) is 1.92. The van der Waals surface area contributed by atoms with Gasteiger partial charge in [-0.1, -0.05) is 19.9 Å². The first-order valence-electron chi connectivity index (χ1n) is 6.67. The van der Waals surface area contributed by atoms with Crippen molar-refractivity contribution in [3.63, 3.8) is 0 Å². The van der Waals surface area contributed by atoms with Crippen LogP contribution in [0.1, 0.15) is 25.0 Å². The first-order valence-corrected chi connectivity index (χ1v) is 6.67. The van der Waals surface area contributed by atoms with Crippen LogP contribution in [0.5, 0.6) is 5.75 Å². The Labute approximate surface area is 117 Å². The van der Waals surface area contributed by atoms with Crippen LogP contribution >= 0.6 is 0 Å². The maximum atomic E-state index is 12.9. The third-order valence-corrected chi connectivity index (χ3v) is 3.18. The Bertz CT molecular complexity index is 417. The van der Waals surface area contributed by atoms with E-state index in [1.807, 2.05) is 13.8 Å². The molecule has 0 fully saturated rings. The average Bonchev–Trinajstić information content (AvgIpc) is 2.42. The van der Waals surface area contributed by atoms with Gasteiger partial charge >= 0.3 is 6.18 Å². The second kappa shape index (κ2) is 7.50. The van der Waals surface area contributed by atoms with Gasteiger partial charge < -0.3 is 15.4 Å². The molecule has 0 bridgehead atoms. The lowest BCUT2D eigenvalue weighted by atomic mass is 10.1. The van der Waals surface area contributed by atoms with Gasteiger partial charge in [-0.25, -0.2) is 0 Å². The van der Waals surface area contributed by atoms with Gasteiger partial charge in [0.05, 0.1) is 5.56 Å². The number of hydrogen-bond donors (Lipinski definition) is 1. The molecular weight excluding hydrogens is 269 g/mol. The van der Waals surface area contributed by atoms with Crippen LogP contribution in [0.15, 0.2) is 18.2 Å². The molecule has 0 aliphatic carbocycles. The molecule has 0 aliphatic rings. The molecule has 1 rings (SSSR count). The minimum absolute atomic E-state index is 0.0774. The van der Waals surface area contributed by atoms with E-state index < -0.39 is 11.7 Å². The van der Waals surface area contributed by atoms with E-state index in [2.05, 4.69) is 4.90 Å². The third kappa shape index (κ3) is 4.68. The highest BCUT2D eigenvalue weighted by atomic mass is 19.4. The molecule has 0 amide bonds. The summed E-state index contributed by atoms with van der Waals surface area (Å²) < 4.78 is 44.0. The Morgan fingerprint density at radius 3 is 2.35 bits per heavy atom. The van der Waals surface area contributed by atoms with Crippen LogP contribution in [-0.2, 0) is 12.7 Å². The highest BCUT2D eigenvalue weighted by Gasteiger charge is 2.33. The van der Waals surface area contributed by atoms with E-state index in [0.29, 0.717) is 13.2 Å². The van der Waals surface area contributed by atoms with Gasteiger partial charge in [0.1, 0.15) is 12.4 Å². The summed E-state index contributed by atoms with van der Waals surface area (Å²) in [5.41, 5.74) is 4.68. The molecule has 20 heavy (non-hydrogen) atoms. The van der Waals surface area contributed by atoms with Crippen molar-refractivity contribution >= 4 is 0 Å². The van der Waals surface area contributed by atoms with Gasteiger partial charge in [-0.05, 0) is 30.8 Å². The molecule has 0 saturated heterocycles. The van der Waals surface area contributed by atoms with E-state index in [-0.39, 0.29) is 17.9 Å². The maximum absolute atomic E-state index is 12.9. The number of rotatable bonds is 7. The minimum Gasteiger partial charge on any atom is -0.492 e. The van der Waals surface area contributed by atoms with Crippen LogP contribution in [0.25, 0.3) is 0 Å². The van der Waals surface area contributed by atoms with Crippen molar-refractivity contribution in [3.05, 3.63) is 29.3 Å². The van der Waals surface area contributed by atoms with E-state index in [1.54, 1.807) is 0 Å². The summed E-state index contributed by atoms with van der Waals surface area (Å²) >= 11 is 0. The van der Waals surface area contributed by atoms with Gasteiger partial charge in [-0.15, -0.1) is 0 Å². The van der Waals surface area contributed by atoms with Crippen LogP contribution in [0, 0.1) is 0 Å². The van der Waals surface area contributed by atoms with Crippen molar-refractivity contribution in [2.45, 2.75) is 26.6 Å². The van der Waals surface area contributed by atoms with E-state index in [4.69, 9.17) is 10.5 Å². The average molecular weight is 290 g/mol. The summed E-state index contributed by atoms with van der Waals surface area (Å²) in [5, 5.41) is 0. The molecule has 1 aromatic carbocycles. The number of nitrogens with zero attached hydrogens (tertiary/aromatic N) is 1. The Hall–Kier alpha value is -1.27. The lowest BCUT2D eigenvalue weighted by Gasteiger charge is -2.19. The summed E-state index contributed by atoms with van der Waals surface area (Å²) in [6, 6.07) is 3.92. The zero-order valence-electron chi connectivity index (χ0n) is 11.8. The Kier molecular flexibility index (Phi) is 6.29. The highest BCUT2D eigenvalue weighted by molar-refractivity contribution is 5.37. The largest absolute Gasteiger partial charge is 0.492 e. The summed E-state index contributed by atoms with van der Waals surface area (Å²) in [6.45, 7) is 6.74. The van der Waals surface area contributed by atoms with E-state index in [0.717, 1.165) is 19.2 Å². The van der Waals surface area contributed by atoms with E-state index in [1.165, 1.54) is 12.1 Å². The summed E-state index contributed by atoms with van der Waals surface area (Å²) in [4.78, 5) is 2.14. The van der Waals surface area contributed by atoms with E-state index >= 15 is 0 Å². The highest BCUT2D eigenvalue weighted by Crippen LogP contribution is 2.34. The summed E-state index contributed by atoms with van der Waals surface area (Å²) in [6.07, 6.45) is -4.41. The van der Waals surface area contributed by atoms with Crippen molar-refractivity contribution in [1.29, 1.82) is 0 Å². The molecule has 0 aliphatic heterocycles. The molecule has 0 atom stereocenters. The van der Waals surface area contributed by atoms with Crippen LogP contribution < -0.4 is 10.5 Å². The fourth-order valence-corrected chi connectivity index (χ4v) is 1.92. The molecule has 0 aromatic heterocycles. The standard InChI is InChI=1S/C14H21F3N2O/c1-3-19(4-2)7-8-20-12-6-5-11(10-18)13(9-12)14(15,16)17/h5-6,9H,3-4,7-8,10,18H2,1-2H3. The summed E-state index contributed by atoms with van der Waals surface area (Å²) in [5.74, 6) is 0.224. The number of likely N-dealkylation sites (N-methyl/N-ethyl adjacent to an activating group) is 1. The van der Waals surface area contributed by atoms with Crippen molar-refractivity contribution in [3.8, 4) is 5.75 Å². The molecule has 2 N–H and O–H groups in total. The monoisotopic (exact) mass is 290 g/mol. The van der Waals surface area contributed by atoms with Gasteiger partial charge in [0, 0.05) is 13.1 Å². The first kappa shape index (κ1) is 16.8. The van der Waals surface area contributed by atoms with Gasteiger partial charge in [-0.2, -0.15) is 13.2 Å². The van der Waals surface area contributed by atoms with Crippen molar-refractivity contribution in [1.82, 2.24) is 4.90 Å². The Balaban J connectivity index is 2.73. The van der Waals surface area contributed by atoms with Crippen LogP contribution in [-0.4, -0.2) is 31.1 Å². The van der Waals surface area contributed by atoms with Crippen LogP contribution in [0.2, 0.25) is 0 Å². The molecule has 0 spiro atoms. The fraction of sp³-hybridized carbons (Fsp3) is 0.571. The normalized spacial score (nSPS) is 11.9. The van der Waals surface area contributed by atoms with Gasteiger partial charge in [-0.3, -0.25) is 0 Å². The van der Waals surface area contributed by atoms with Crippen LogP contribution in [0.3, 0.4) is 0 Å². The lowest BCUT2D eigenvalue weighted by molar-refractivity contribution is -0.138. The zero-order valence-corrected chi connectivity index (χ0v) is 11.8. The predicted octanol–water partition coefficient (Wildman–Crippen LogP) is 2.88. The lowest BCUT2D eigenvalue weighted by Crippen LogP contribution is -2.28. The quantitative estimate of drug-likeness (QED) is 0.839. The number of alkyl halides is 3. The molecule has 0 saturated carbocycles. The number of ether oxygens (including phenoxy) is 1.